The second-order valence-electron chi connectivity index (χ2n) is 13.8. The summed E-state index contributed by atoms with van der Waals surface area (Å²) < 4.78 is 26.4. The Morgan fingerprint density at radius 1 is 0.732 bits per heavy atom. The van der Waals surface area contributed by atoms with Crippen molar-refractivity contribution in [2.75, 3.05) is 19.0 Å². The number of allylic oxidation sites excluding steroid dienone is 9. The van der Waals surface area contributed by atoms with Gasteiger partial charge in [0.2, 0.25) is 0 Å². The first-order chi connectivity index (χ1) is 26.9. The van der Waals surface area contributed by atoms with Gasteiger partial charge in [0.25, 0.3) is 0 Å². The fraction of sp³-hybridized carbons (Fsp3) is 0.690. The van der Waals surface area contributed by atoms with Gasteiger partial charge >= 0.3 is 25.7 Å². The number of phosphoric acid groups is 1. The summed E-state index contributed by atoms with van der Waals surface area (Å²) in [4.78, 5) is 54.6. The van der Waals surface area contributed by atoms with E-state index in [1.807, 2.05) is 24.3 Å². The van der Waals surface area contributed by atoms with Gasteiger partial charge < -0.3 is 35.2 Å². The third kappa shape index (κ3) is 35.9. The van der Waals surface area contributed by atoms with Crippen LogP contribution in [-0.2, 0) is 32.9 Å². The zero-order valence-corrected chi connectivity index (χ0v) is 35.6. The van der Waals surface area contributed by atoms with Crippen LogP contribution in [0.25, 0.3) is 0 Å². The van der Waals surface area contributed by atoms with E-state index in [2.05, 4.69) is 42.7 Å². The minimum Gasteiger partial charge on any atom is -0.481 e. The second kappa shape index (κ2) is 36.8. The lowest BCUT2D eigenvalue weighted by molar-refractivity contribution is -0.161. The number of carboxylic acids is 1. The topological polar surface area (TPSA) is 203 Å². The highest BCUT2D eigenvalue weighted by Crippen LogP contribution is 2.36. The van der Waals surface area contributed by atoms with Crippen LogP contribution in [0.2, 0.25) is 0 Å². The number of unbranched alkanes of at least 4 members (excludes halogenated alkanes) is 12. The van der Waals surface area contributed by atoms with Crippen LogP contribution in [0.5, 0.6) is 0 Å². The van der Waals surface area contributed by atoms with E-state index < -0.39 is 62.4 Å². The first-order valence-electron chi connectivity index (χ1n) is 20.5. The molecule has 0 saturated heterocycles. The van der Waals surface area contributed by atoms with Gasteiger partial charge in [-0.25, -0.2) is 4.57 Å². The lowest BCUT2D eigenvalue weighted by Crippen LogP contribution is -2.38. The fourth-order valence-electron chi connectivity index (χ4n) is 5.28. The zero-order valence-electron chi connectivity index (χ0n) is 33.9. The van der Waals surface area contributed by atoms with Gasteiger partial charge in [-0.1, -0.05) is 126 Å². The van der Waals surface area contributed by atoms with E-state index in [4.69, 9.17) is 30.1 Å². The second-order valence-corrected chi connectivity index (χ2v) is 16.3. The molecule has 0 saturated carbocycles. The number of aliphatic carboxylic acids is 1. The van der Waals surface area contributed by atoms with Gasteiger partial charge in [-0.3, -0.25) is 18.9 Å². The monoisotopic (exact) mass is 829 g/mol. The maximum atomic E-state index is 12.8. The Morgan fingerprint density at radius 3 is 1.98 bits per heavy atom. The van der Waals surface area contributed by atoms with Crippen molar-refractivity contribution in [2.24, 2.45) is 5.73 Å². The van der Waals surface area contributed by atoms with Crippen LogP contribution in [0.3, 0.4) is 0 Å². The Kier molecular flexibility index (Phi) is 35.2. The number of carboxylic acid groups (broad SMARTS) is 1. The molecule has 0 fully saturated rings. The normalized spacial score (nSPS) is 14.7. The minimum absolute atomic E-state index is 0.0385. The zero-order chi connectivity index (χ0) is 41.7. The van der Waals surface area contributed by atoms with Crippen molar-refractivity contribution in [2.45, 2.75) is 166 Å². The number of aliphatic hydroxyl groups is 1. The van der Waals surface area contributed by atoms with Gasteiger partial charge in [0, 0.05) is 23.8 Å². The van der Waals surface area contributed by atoms with E-state index >= 15 is 0 Å². The predicted octanol–water partition coefficient (Wildman–Crippen LogP) is 9.05. The molecular formula is C42H72NO11PS. The molecule has 0 rings (SSSR count). The van der Waals surface area contributed by atoms with Crippen LogP contribution in [-0.4, -0.2) is 80.4 Å². The van der Waals surface area contributed by atoms with E-state index in [0.717, 1.165) is 51.4 Å². The third-order valence-corrected chi connectivity index (χ3v) is 10.4. The summed E-state index contributed by atoms with van der Waals surface area (Å²) >= 11 is 1.20. The minimum atomic E-state index is -4.89. The molecule has 0 aliphatic rings. The molecule has 0 amide bonds. The predicted molar refractivity (Wildman–Crippen MR) is 226 cm³/mol. The molecule has 0 aromatic heterocycles. The van der Waals surface area contributed by atoms with E-state index in [0.29, 0.717) is 6.42 Å². The Bertz CT molecular complexity index is 1220. The van der Waals surface area contributed by atoms with Crippen molar-refractivity contribution < 1.29 is 52.9 Å². The molecular weight excluding hydrogens is 757 g/mol. The molecule has 0 aromatic rings. The van der Waals surface area contributed by atoms with Crippen molar-refractivity contribution in [3.63, 3.8) is 0 Å². The molecule has 0 aromatic carbocycles. The van der Waals surface area contributed by atoms with Crippen LogP contribution in [0.4, 0.5) is 0 Å². The van der Waals surface area contributed by atoms with Crippen LogP contribution in [0, 0.1) is 0 Å². The van der Waals surface area contributed by atoms with Crippen molar-refractivity contribution in [3.8, 4) is 0 Å². The lowest BCUT2D eigenvalue weighted by atomic mass is 10.1. The summed E-state index contributed by atoms with van der Waals surface area (Å²) in [6, 6.07) is -1.14. The molecule has 6 N–H and O–H groups in total. The average Bonchev–Trinajstić information content (AvgIpc) is 3.15. The highest BCUT2D eigenvalue weighted by molar-refractivity contribution is 8.00. The van der Waals surface area contributed by atoms with Crippen LogP contribution in [0.15, 0.2) is 60.8 Å². The molecule has 0 aliphatic heterocycles. The molecule has 4 atom stereocenters. The molecule has 0 aliphatic carbocycles. The Labute approximate surface area is 340 Å². The van der Waals surface area contributed by atoms with E-state index in [1.54, 1.807) is 12.2 Å². The molecule has 0 bridgehead atoms. The highest BCUT2D eigenvalue weighted by atomic mass is 32.2. The van der Waals surface area contributed by atoms with E-state index in [-0.39, 0.29) is 31.4 Å². The number of aliphatic hydroxyl groups excluding tert-OH is 1. The first-order valence-corrected chi connectivity index (χ1v) is 23.1. The van der Waals surface area contributed by atoms with Gasteiger partial charge in [-0.2, -0.15) is 0 Å². The Balaban J connectivity index is 4.93. The molecule has 0 spiro atoms. The average molecular weight is 830 g/mol. The molecule has 0 radical (unpaired) electrons. The molecule has 0 heterocycles. The number of hydrogen-bond donors (Lipinski definition) is 5. The molecule has 322 valence electrons. The summed E-state index contributed by atoms with van der Waals surface area (Å²) in [5.41, 5.74) is 6.09. The van der Waals surface area contributed by atoms with E-state index in [1.165, 1.54) is 56.7 Å². The first kappa shape index (κ1) is 53.5. The smallest absolute Gasteiger partial charge is 0.469 e. The highest BCUT2D eigenvalue weighted by Gasteiger charge is 2.26. The van der Waals surface area contributed by atoms with Crippen molar-refractivity contribution in [1.29, 1.82) is 0 Å². The number of phosphoric ester groups is 1. The summed E-state index contributed by atoms with van der Waals surface area (Å²) in [5.74, 6) is -2.36. The number of rotatable bonds is 37. The quantitative estimate of drug-likeness (QED) is 0.0131. The SMILES string of the molecule is CCCCC/C=C\C\C=C/C=C/C=C/[C@@H](SC[C@H](N)C(=O)OC[C@H](COP(=O)(O)O)OC(=O)CCCCCCC/C=C\CCCCCC)[C@@H](O)CCCC(=O)O. The maximum absolute atomic E-state index is 12.8. The van der Waals surface area contributed by atoms with Crippen molar-refractivity contribution in [1.82, 2.24) is 0 Å². The summed E-state index contributed by atoms with van der Waals surface area (Å²) in [6.45, 7) is 3.17. The van der Waals surface area contributed by atoms with Gasteiger partial charge in [-0.15, -0.1) is 11.8 Å². The summed E-state index contributed by atoms with van der Waals surface area (Å²) in [6.07, 6.45) is 35.6. The molecule has 14 heteroatoms. The number of thioether (sulfide) groups is 1. The fourth-order valence-corrected chi connectivity index (χ4v) is 6.76. The number of nitrogens with two attached hydrogens (primary N) is 1. The number of hydrogen-bond acceptors (Lipinski definition) is 10. The standard InChI is InChI=1S/C42H72NO11PS/c1-3-5-7-9-11-13-15-17-19-21-23-25-27-32-41(47)54-36(34-53-55(49,50)51)33-52-42(48)37(43)35-56-39(38(44)29-28-31-40(45)46)30-26-24-22-20-18-16-14-12-10-8-6-4-2/h12-15,18,20,22,24,26,30,36-39,44H,3-11,16-17,19,21,23,25,27-29,31-35,43H2,1-2H3,(H,45,46)(H2,49,50,51)/b14-12-,15-13-,20-18-,24-22+,30-26+/t36-,37+,38+,39-/m1/s1. The number of esters is 2. The Morgan fingerprint density at radius 2 is 1.32 bits per heavy atom. The molecule has 0 unspecified atom stereocenters. The van der Waals surface area contributed by atoms with Gasteiger partial charge in [0.15, 0.2) is 6.10 Å². The van der Waals surface area contributed by atoms with Crippen LogP contribution < -0.4 is 5.73 Å². The number of ether oxygens (including phenoxy) is 2. The van der Waals surface area contributed by atoms with Crippen LogP contribution in [0.1, 0.15) is 142 Å². The maximum Gasteiger partial charge on any atom is 0.469 e. The Hall–Kier alpha value is -2.51. The molecule has 12 nitrogen and oxygen atoms in total. The van der Waals surface area contributed by atoms with Crippen molar-refractivity contribution in [3.05, 3.63) is 60.8 Å². The van der Waals surface area contributed by atoms with Gasteiger partial charge in [-0.05, 0) is 64.2 Å². The third-order valence-electron chi connectivity index (χ3n) is 8.51. The number of carbonyl (C=O) groups is 3. The van der Waals surface area contributed by atoms with Gasteiger partial charge in [0.1, 0.15) is 12.6 Å². The van der Waals surface area contributed by atoms with Crippen molar-refractivity contribution >= 4 is 37.5 Å². The lowest BCUT2D eigenvalue weighted by Gasteiger charge is -2.22. The summed E-state index contributed by atoms with van der Waals surface area (Å²) in [7, 11) is -4.89. The molecule has 56 heavy (non-hydrogen) atoms. The number of carbonyl (C=O) groups excluding carboxylic acids is 2. The van der Waals surface area contributed by atoms with Crippen LogP contribution >= 0.6 is 19.6 Å². The largest absolute Gasteiger partial charge is 0.481 e. The van der Waals surface area contributed by atoms with Gasteiger partial charge in [0.05, 0.1) is 12.7 Å². The summed E-state index contributed by atoms with van der Waals surface area (Å²) in [5, 5.41) is 19.3. The van der Waals surface area contributed by atoms with E-state index in [9.17, 15) is 24.1 Å².